The van der Waals surface area contributed by atoms with Gasteiger partial charge in [-0.2, -0.15) is 0 Å². The molecule has 2 heterocycles. The van der Waals surface area contributed by atoms with Gasteiger partial charge in [-0.25, -0.2) is 0 Å². The Balaban J connectivity index is 2.03. The van der Waals surface area contributed by atoms with Gasteiger partial charge in [-0.15, -0.1) is 0 Å². The molecule has 1 atom stereocenters. The first kappa shape index (κ1) is 20.8. The van der Waals surface area contributed by atoms with Crippen molar-refractivity contribution < 1.29 is 24.2 Å². The van der Waals surface area contributed by atoms with Gasteiger partial charge in [-0.05, 0) is 19.4 Å². The van der Waals surface area contributed by atoms with Crippen LogP contribution in [0.25, 0.3) is 5.76 Å². The van der Waals surface area contributed by atoms with E-state index in [1.807, 2.05) is 13.0 Å². The Labute approximate surface area is 180 Å². The Morgan fingerprint density at radius 3 is 2.39 bits per heavy atom. The Hall–Kier alpha value is -3.45. The van der Waals surface area contributed by atoms with E-state index >= 15 is 0 Å². The summed E-state index contributed by atoms with van der Waals surface area (Å²) in [6.45, 7) is 2.71. The molecule has 1 fully saturated rings. The fourth-order valence-electron chi connectivity index (χ4n) is 4.59. The molecule has 1 saturated heterocycles. The van der Waals surface area contributed by atoms with Gasteiger partial charge in [0.1, 0.15) is 5.76 Å². The molecule has 7 nitrogen and oxygen atoms in total. The number of ketones is 1. The van der Waals surface area contributed by atoms with Gasteiger partial charge in [0.15, 0.2) is 5.54 Å². The molecule has 7 heteroatoms. The number of methoxy groups -OCH3 is 1. The number of aliphatic hydroxyl groups excluding tert-OH is 1. The number of amides is 2. The second-order valence-corrected chi connectivity index (χ2v) is 7.50. The molecule has 31 heavy (non-hydrogen) atoms. The zero-order chi connectivity index (χ0) is 22.2. The van der Waals surface area contributed by atoms with Crippen molar-refractivity contribution in [2.24, 2.45) is 0 Å². The third kappa shape index (κ3) is 2.88. The number of Topliss-reactive ketones (excluding diaryl/α,β-unsaturated/α-hetero) is 1. The average Bonchev–Trinajstić information content (AvgIpc) is 3.17. The molecule has 2 aliphatic heterocycles. The van der Waals surface area contributed by atoms with Crippen LogP contribution in [-0.2, 0) is 24.7 Å². The number of likely N-dealkylation sites (tertiary alicyclic amines) is 1. The summed E-state index contributed by atoms with van der Waals surface area (Å²) < 4.78 is 5.12. The fourth-order valence-corrected chi connectivity index (χ4v) is 4.59. The van der Waals surface area contributed by atoms with Crippen molar-refractivity contribution in [3.63, 3.8) is 0 Å². The molecular weight excluding hydrogens is 396 g/mol. The van der Waals surface area contributed by atoms with E-state index < -0.39 is 23.1 Å². The summed E-state index contributed by atoms with van der Waals surface area (Å²) in [7, 11) is 1.55. The molecule has 2 aromatic carbocycles. The summed E-state index contributed by atoms with van der Waals surface area (Å²) in [6.07, 6.45) is 0.443. The number of para-hydroxylation sites is 1. The van der Waals surface area contributed by atoms with Crippen LogP contribution in [0, 0.1) is 0 Å². The summed E-state index contributed by atoms with van der Waals surface area (Å²) >= 11 is 0. The standard InChI is InChI=1S/C24H24N2O5/c1-3-25-18-13-8-7-12-17(18)24(23(25)30)19(20(27)16-10-5-4-6-11-16)21(28)22(29)26(24)14-9-15-31-2/h4-8,10-13,27H,3,9,14-15H2,1-2H3/t24-/m1/s1. The molecule has 0 unspecified atom stereocenters. The van der Waals surface area contributed by atoms with Crippen molar-refractivity contribution in [2.45, 2.75) is 18.9 Å². The number of hydrogen-bond donors (Lipinski definition) is 1. The van der Waals surface area contributed by atoms with E-state index in [0.717, 1.165) is 0 Å². The molecule has 160 valence electrons. The van der Waals surface area contributed by atoms with Crippen LogP contribution in [0.2, 0.25) is 0 Å². The molecule has 0 bridgehead atoms. The second kappa shape index (κ2) is 8.00. The van der Waals surface area contributed by atoms with Crippen molar-refractivity contribution in [3.05, 3.63) is 71.3 Å². The van der Waals surface area contributed by atoms with E-state index in [9.17, 15) is 19.5 Å². The highest BCUT2D eigenvalue weighted by atomic mass is 16.5. The number of carbonyl (C=O) groups is 3. The van der Waals surface area contributed by atoms with Crippen LogP contribution in [0.3, 0.4) is 0 Å². The summed E-state index contributed by atoms with van der Waals surface area (Å²) in [5.74, 6) is -2.42. The minimum absolute atomic E-state index is 0.140. The highest BCUT2D eigenvalue weighted by Crippen LogP contribution is 2.53. The van der Waals surface area contributed by atoms with Crippen molar-refractivity contribution in [2.75, 3.05) is 31.7 Å². The number of rotatable bonds is 6. The van der Waals surface area contributed by atoms with Crippen LogP contribution >= 0.6 is 0 Å². The lowest BCUT2D eigenvalue weighted by Gasteiger charge is -2.34. The normalized spacial score (nSPS) is 21.9. The van der Waals surface area contributed by atoms with Gasteiger partial charge in [-0.3, -0.25) is 14.4 Å². The van der Waals surface area contributed by atoms with Crippen LogP contribution < -0.4 is 4.90 Å². The average molecular weight is 420 g/mol. The number of carbonyl (C=O) groups excluding carboxylic acids is 3. The van der Waals surface area contributed by atoms with E-state index in [1.165, 1.54) is 4.90 Å². The third-order valence-electron chi connectivity index (χ3n) is 5.90. The van der Waals surface area contributed by atoms with Gasteiger partial charge in [0.2, 0.25) is 0 Å². The quantitative estimate of drug-likeness (QED) is 0.336. The maximum absolute atomic E-state index is 13.9. The summed E-state index contributed by atoms with van der Waals surface area (Å²) in [6, 6.07) is 15.6. The fraction of sp³-hybridized carbons (Fsp3) is 0.292. The van der Waals surface area contributed by atoms with E-state index in [2.05, 4.69) is 0 Å². The summed E-state index contributed by atoms with van der Waals surface area (Å²) in [4.78, 5) is 43.2. The van der Waals surface area contributed by atoms with E-state index in [1.54, 1.807) is 60.5 Å². The predicted molar refractivity (Wildman–Crippen MR) is 115 cm³/mol. The SMILES string of the molecule is CCN1C(=O)[C@]2(C(=C(O)c3ccccc3)C(=O)C(=O)N2CCCOC)c2ccccc21. The van der Waals surface area contributed by atoms with Gasteiger partial charge in [0, 0.05) is 37.9 Å². The number of hydrogen-bond acceptors (Lipinski definition) is 5. The first-order valence-electron chi connectivity index (χ1n) is 10.3. The minimum Gasteiger partial charge on any atom is -0.507 e. The van der Waals surface area contributed by atoms with Crippen LogP contribution in [0.1, 0.15) is 24.5 Å². The predicted octanol–water partition coefficient (Wildman–Crippen LogP) is 2.67. The van der Waals surface area contributed by atoms with E-state index in [4.69, 9.17) is 4.74 Å². The van der Waals surface area contributed by atoms with Gasteiger partial charge < -0.3 is 19.6 Å². The smallest absolute Gasteiger partial charge is 0.296 e. The lowest BCUT2D eigenvalue weighted by molar-refractivity contribution is -0.143. The number of fused-ring (bicyclic) bond motifs is 2. The number of anilines is 1. The van der Waals surface area contributed by atoms with Gasteiger partial charge >= 0.3 is 0 Å². The van der Waals surface area contributed by atoms with Gasteiger partial charge in [-0.1, -0.05) is 48.5 Å². The van der Waals surface area contributed by atoms with Crippen molar-refractivity contribution in [1.29, 1.82) is 0 Å². The van der Waals surface area contributed by atoms with Crippen LogP contribution in [0.15, 0.2) is 60.2 Å². The second-order valence-electron chi connectivity index (χ2n) is 7.50. The summed E-state index contributed by atoms with van der Waals surface area (Å²) in [5, 5.41) is 11.2. The van der Waals surface area contributed by atoms with E-state index in [-0.39, 0.29) is 17.9 Å². The molecule has 0 aromatic heterocycles. The van der Waals surface area contributed by atoms with Crippen molar-refractivity contribution in [1.82, 2.24) is 4.90 Å². The first-order chi connectivity index (χ1) is 15.0. The Kier molecular flexibility index (Phi) is 5.37. The van der Waals surface area contributed by atoms with E-state index in [0.29, 0.717) is 36.4 Å². The van der Waals surface area contributed by atoms with Crippen LogP contribution in [0.4, 0.5) is 5.69 Å². The molecule has 0 saturated carbocycles. The molecule has 4 rings (SSSR count). The van der Waals surface area contributed by atoms with Crippen molar-refractivity contribution in [3.8, 4) is 0 Å². The number of nitrogens with zero attached hydrogens (tertiary/aromatic N) is 2. The van der Waals surface area contributed by atoms with Crippen LogP contribution in [0.5, 0.6) is 0 Å². The topological polar surface area (TPSA) is 87.2 Å². The van der Waals surface area contributed by atoms with Crippen molar-refractivity contribution >= 4 is 29.0 Å². The molecule has 2 aromatic rings. The maximum atomic E-state index is 13.9. The first-order valence-corrected chi connectivity index (χ1v) is 10.3. The molecule has 2 amide bonds. The molecule has 0 radical (unpaired) electrons. The Bertz CT molecular complexity index is 1080. The molecule has 1 spiro atoms. The highest BCUT2D eigenvalue weighted by molar-refractivity contribution is 6.50. The minimum atomic E-state index is -1.70. The Morgan fingerprint density at radius 1 is 1.03 bits per heavy atom. The highest BCUT2D eigenvalue weighted by Gasteiger charge is 2.66. The summed E-state index contributed by atoms with van der Waals surface area (Å²) in [5.41, 5.74) is -0.357. The molecule has 2 aliphatic rings. The lowest BCUT2D eigenvalue weighted by Crippen LogP contribution is -2.52. The van der Waals surface area contributed by atoms with Crippen LogP contribution in [-0.4, -0.2) is 54.4 Å². The van der Waals surface area contributed by atoms with Gasteiger partial charge in [0.25, 0.3) is 17.6 Å². The van der Waals surface area contributed by atoms with Gasteiger partial charge in [0.05, 0.1) is 11.3 Å². The number of aliphatic hydroxyl groups is 1. The monoisotopic (exact) mass is 420 g/mol. The maximum Gasteiger partial charge on any atom is 0.296 e. The zero-order valence-electron chi connectivity index (χ0n) is 17.5. The Morgan fingerprint density at radius 2 is 1.71 bits per heavy atom. The number of likely N-dealkylation sites (N-methyl/N-ethyl adjacent to an activating group) is 1. The molecule has 0 aliphatic carbocycles. The lowest BCUT2D eigenvalue weighted by atomic mass is 9.82. The molecular formula is C24H24N2O5. The molecule has 1 N–H and O–H groups in total. The number of benzene rings is 2. The zero-order valence-corrected chi connectivity index (χ0v) is 17.5. The number of ether oxygens (including phenoxy) is 1. The largest absolute Gasteiger partial charge is 0.507 e. The third-order valence-corrected chi connectivity index (χ3v) is 5.90.